The van der Waals surface area contributed by atoms with Gasteiger partial charge in [0.25, 0.3) is 11.8 Å². The van der Waals surface area contributed by atoms with Gasteiger partial charge in [0.2, 0.25) is 0 Å². The summed E-state index contributed by atoms with van der Waals surface area (Å²) >= 11 is 0. The number of nitrogens with one attached hydrogen (secondary N) is 2. The molecule has 2 amide bonds. The Bertz CT molecular complexity index is 1390. The molecule has 0 aliphatic carbocycles. The zero-order valence-electron chi connectivity index (χ0n) is 19.7. The highest BCUT2D eigenvalue weighted by Gasteiger charge is 2.35. The fourth-order valence-electron chi connectivity index (χ4n) is 3.88. The molecule has 1 aliphatic heterocycles. The Hall–Kier alpha value is -3.85. The number of phenolic OH excluding ortho intramolecular Hbond substituents is 1. The van der Waals surface area contributed by atoms with Crippen LogP contribution in [0.5, 0.6) is 5.75 Å². The number of benzene rings is 3. The van der Waals surface area contributed by atoms with E-state index in [4.69, 9.17) is 0 Å². The number of hydrogen-bond acceptors (Lipinski definition) is 5. The summed E-state index contributed by atoms with van der Waals surface area (Å²) in [6.45, 7) is 5.95. The Morgan fingerprint density at radius 2 is 1.74 bits per heavy atom. The maximum absolute atomic E-state index is 12.9. The van der Waals surface area contributed by atoms with E-state index in [1.807, 2.05) is 35.1 Å². The molecule has 8 nitrogen and oxygen atoms in total. The number of anilines is 2. The van der Waals surface area contributed by atoms with Gasteiger partial charge in [-0.2, -0.15) is 8.42 Å². The minimum Gasteiger partial charge on any atom is -0.506 e. The Kier molecular flexibility index (Phi) is 6.29. The second-order valence-corrected chi connectivity index (χ2v) is 11.1. The third-order valence-corrected chi connectivity index (χ3v) is 7.19. The SMILES string of the molecule is CC(C)(C)c1ccc(C(=O)Nc2ccccc2Cc2ccc(N3CC(=O)NS3(=O)=O)c(O)c2)cc1. The molecular formula is C26H27N3O5S. The molecule has 0 radical (unpaired) electrons. The maximum Gasteiger partial charge on any atom is 0.326 e. The summed E-state index contributed by atoms with van der Waals surface area (Å²) in [5.74, 6) is -1.15. The molecule has 1 heterocycles. The molecular weight excluding hydrogens is 466 g/mol. The van der Waals surface area contributed by atoms with Gasteiger partial charge in [0, 0.05) is 11.3 Å². The lowest BCUT2D eigenvalue weighted by atomic mass is 9.86. The maximum atomic E-state index is 12.9. The summed E-state index contributed by atoms with van der Waals surface area (Å²) in [5, 5.41) is 13.4. The first-order valence-corrected chi connectivity index (χ1v) is 12.5. The average molecular weight is 494 g/mol. The number of carbonyl (C=O) groups excluding carboxylic acids is 2. The summed E-state index contributed by atoms with van der Waals surface area (Å²) in [7, 11) is -4.01. The van der Waals surface area contributed by atoms with E-state index in [1.54, 1.807) is 24.3 Å². The zero-order valence-corrected chi connectivity index (χ0v) is 20.5. The molecule has 1 fully saturated rings. The molecule has 0 unspecified atom stereocenters. The molecule has 3 N–H and O–H groups in total. The van der Waals surface area contributed by atoms with Crippen molar-refractivity contribution in [1.82, 2.24) is 4.72 Å². The minimum atomic E-state index is -4.01. The van der Waals surface area contributed by atoms with Gasteiger partial charge in [0.05, 0.1) is 5.69 Å². The van der Waals surface area contributed by atoms with Crippen molar-refractivity contribution < 1.29 is 23.1 Å². The Morgan fingerprint density at radius 3 is 2.34 bits per heavy atom. The monoisotopic (exact) mass is 493 g/mol. The number of para-hydroxylation sites is 1. The molecule has 9 heteroatoms. The molecule has 0 bridgehead atoms. The van der Waals surface area contributed by atoms with Crippen molar-refractivity contribution >= 4 is 33.4 Å². The van der Waals surface area contributed by atoms with Crippen LogP contribution >= 0.6 is 0 Å². The predicted molar refractivity (Wildman–Crippen MR) is 135 cm³/mol. The topological polar surface area (TPSA) is 116 Å². The highest BCUT2D eigenvalue weighted by atomic mass is 32.2. The van der Waals surface area contributed by atoms with Crippen molar-refractivity contribution in [3.8, 4) is 5.75 Å². The van der Waals surface area contributed by atoms with E-state index in [0.717, 1.165) is 15.4 Å². The van der Waals surface area contributed by atoms with Gasteiger partial charge >= 0.3 is 10.2 Å². The standard InChI is InChI=1S/C26H27N3O5S/c1-26(2,3)20-11-9-18(10-12-20)25(32)27-21-7-5-4-6-19(21)14-17-8-13-22(23(30)15-17)29-16-24(31)28-35(29,33)34/h4-13,15,30H,14,16H2,1-3H3,(H,27,32)(H,28,31). The normalized spacial score (nSPS) is 15.1. The van der Waals surface area contributed by atoms with Gasteiger partial charge in [-0.3, -0.25) is 9.59 Å². The first kappa shape index (κ1) is 24.3. The molecule has 0 spiro atoms. The van der Waals surface area contributed by atoms with Crippen molar-refractivity contribution in [3.63, 3.8) is 0 Å². The van der Waals surface area contributed by atoms with Crippen LogP contribution in [0.2, 0.25) is 0 Å². The minimum absolute atomic E-state index is 0.00623. The Labute approximate surface area is 204 Å². The molecule has 0 saturated carbocycles. The first-order chi connectivity index (χ1) is 16.4. The molecule has 3 aromatic rings. The Morgan fingerprint density at radius 1 is 1.06 bits per heavy atom. The average Bonchev–Trinajstić information content (AvgIpc) is 3.06. The van der Waals surface area contributed by atoms with E-state index in [9.17, 15) is 23.1 Å². The molecule has 1 saturated heterocycles. The second kappa shape index (κ2) is 9.07. The number of aromatic hydroxyl groups is 1. The van der Waals surface area contributed by atoms with Crippen LogP contribution in [0.1, 0.15) is 47.8 Å². The lowest BCUT2D eigenvalue weighted by Crippen LogP contribution is -2.29. The molecule has 182 valence electrons. The van der Waals surface area contributed by atoms with E-state index in [2.05, 4.69) is 26.1 Å². The van der Waals surface area contributed by atoms with Gasteiger partial charge in [0.15, 0.2) is 0 Å². The number of amides is 2. The van der Waals surface area contributed by atoms with Gasteiger partial charge in [0.1, 0.15) is 12.3 Å². The molecule has 1 aliphatic rings. The van der Waals surface area contributed by atoms with Crippen molar-refractivity contribution in [2.75, 3.05) is 16.2 Å². The quantitative estimate of drug-likeness (QED) is 0.501. The highest BCUT2D eigenvalue weighted by molar-refractivity contribution is 7.92. The van der Waals surface area contributed by atoms with Crippen LogP contribution in [0.3, 0.4) is 0 Å². The largest absolute Gasteiger partial charge is 0.506 e. The van der Waals surface area contributed by atoms with Crippen LogP contribution in [0.15, 0.2) is 66.7 Å². The van der Waals surface area contributed by atoms with Gasteiger partial charge in [-0.15, -0.1) is 0 Å². The van der Waals surface area contributed by atoms with Crippen LogP contribution in [0.4, 0.5) is 11.4 Å². The molecule has 4 rings (SSSR count). The summed E-state index contributed by atoms with van der Waals surface area (Å²) in [6.07, 6.45) is 0.386. The fraction of sp³-hybridized carbons (Fsp3) is 0.231. The lowest BCUT2D eigenvalue weighted by Gasteiger charge is -2.19. The summed E-state index contributed by atoms with van der Waals surface area (Å²) in [4.78, 5) is 24.4. The summed E-state index contributed by atoms with van der Waals surface area (Å²) in [6, 6.07) is 19.5. The van der Waals surface area contributed by atoms with Gasteiger partial charge < -0.3 is 10.4 Å². The summed E-state index contributed by atoms with van der Waals surface area (Å²) in [5.41, 5.74) is 3.87. The number of hydrogen-bond donors (Lipinski definition) is 3. The summed E-state index contributed by atoms with van der Waals surface area (Å²) < 4.78 is 26.9. The van der Waals surface area contributed by atoms with E-state index < -0.39 is 16.1 Å². The molecule has 0 aromatic heterocycles. The highest BCUT2D eigenvalue weighted by Crippen LogP contribution is 2.32. The lowest BCUT2D eigenvalue weighted by molar-refractivity contribution is -0.117. The number of rotatable bonds is 5. The number of phenols is 1. The van der Waals surface area contributed by atoms with Crippen LogP contribution in [-0.2, 0) is 26.8 Å². The van der Waals surface area contributed by atoms with E-state index in [0.29, 0.717) is 23.2 Å². The second-order valence-electron chi connectivity index (χ2n) is 9.48. The van der Waals surface area contributed by atoms with Crippen molar-refractivity contribution in [3.05, 3.63) is 89.0 Å². The van der Waals surface area contributed by atoms with Gasteiger partial charge in [-0.25, -0.2) is 9.03 Å². The van der Waals surface area contributed by atoms with Crippen LogP contribution in [0.25, 0.3) is 0 Å². The third-order valence-electron chi connectivity index (χ3n) is 5.80. The van der Waals surface area contributed by atoms with E-state index in [-0.39, 0.29) is 29.3 Å². The third kappa shape index (κ3) is 5.30. The first-order valence-electron chi connectivity index (χ1n) is 11.1. The zero-order chi connectivity index (χ0) is 25.4. The predicted octanol–water partition coefficient (Wildman–Crippen LogP) is 3.71. The molecule has 35 heavy (non-hydrogen) atoms. The van der Waals surface area contributed by atoms with Gasteiger partial charge in [-0.05, 0) is 58.9 Å². The van der Waals surface area contributed by atoms with Crippen LogP contribution in [0, 0.1) is 0 Å². The van der Waals surface area contributed by atoms with E-state index >= 15 is 0 Å². The smallest absolute Gasteiger partial charge is 0.326 e. The Balaban J connectivity index is 1.52. The van der Waals surface area contributed by atoms with Crippen molar-refractivity contribution in [1.29, 1.82) is 0 Å². The fourth-order valence-corrected chi connectivity index (χ4v) is 5.05. The van der Waals surface area contributed by atoms with Crippen molar-refractivity contribution in [2.45, 2.75) is 32.6 Å². The number of carbonyl (C=O) groups is 2. The van der Waals surface area contributed by atoms with Crippen LogP contribution in [-0.4, -0.2) is 31.9 Å². The van der Waals surface area contributed by atoms with E-state index in [1.165, 1.54) is 12.1 Å². The molecule has 3 aromatic carbocycles. The number of nitrogens with zero attached hydrogens (tertiary/aromatic N) is 1. The van der Waals surface area contributed by atoms with Crippen LogP contribution < -0.4 is 14.3 Å². The van der Waals surface area contributed by atoms with Gasteiger partial charge in [-0.1, -0.05) is 57.2 Å². The van der Waals surface area contributed by atoms with Crippen molar-refractivity contribution in [2.24, 2.45) is 0 Å². The molecule has 0 atom stereocenters.